The third-order valence-corrected chi connectivity index (χ3v) is 5.22. The topological polar surface area (TPSA) is 53.0 Å². The average molecular weight is 332 g/mol. The summed E-state index contributed by atoms with van der Waals surface area (Å²) in [4.78, 5) is 16.5. The van der Waals surface area contributed by atoms with Gasteiger partial charge in [0.25, 0.3) is 0 Å². The van der Waals surface area contributed by atoms with Gasteiger partial charge in [-0.25, -0.2) is 0 Å². The number of carbonyl (C=O) groups excluding carboxylic acids is 1. The lowest BCUT2D eigenvalue weighted by atomic mass is 9.79. The first-order valence-electron chi connectivity index (χ1n) is 8.76. The maximum Gasteiger partial charge on any atom is 0.224 e. The van der Waals surface area contributed by atoms with Crippen LogP contribution in [0.4, 0.5) is 5.69 Å². The van der Waals surface area contributed by atoms with E-state index >= 15 is 0 Å². The van der Waals surface area contributed by atoms with Gasteiger partial charge >= 0.3 is 0 Å². The largest absolute Gasteiger partial charge is 0.508 e. The fourth-order valence-corrected chi connectivity index (χ4v) is 4.22. The van der Waals surface area contributed by atoms with E-state index in [1.54, 1.807) is 6.92 Å². The average Bonchev–Trinajstić information content (AvgIpc) is 2.49. The molecule has 1 fully saturated rings. The number of phenols is 1. The van der Waals surface area contributed by atoms with Crippen LogP contribution in [0, 0.1) is 0 Å². The molecule has 24 heavy (non-hydrogen) atoms. The van der Waals surface area contributed by atoms with Crippen molar-refractivity contribution in [3.8, 4) is 5.75 Å². The molecule has 3 rings (SSSR count). The van der Waals surface area contributed by atoms with Crippen LogP contribution in [-0.2, 0) is 16.1 Å². The second kappa shape index (κ2) is 6.37. The van der Waals surface area contributed by atoms with Crippen molar-refractivity contribution in [2.45, 2.75) is 52.1 Å². The van der Waals surface area contributed by atoms with Gasteiger partial charge in [0.05, 0.1) is 13.2 Å². The van der Waals surface area contributed by atoms with Crippen molar-refractivity contribution in [2.75, 3.05) is 31.2 Å². The van der Waals surface area contributed by atoms with E-state index in [9.17, 15) is 9.90 Å². The van der Waals surface area contributed by atoms with Gasteiger partial charge in [-0.2, -0.15) is 0 Å². The smallest absolute Gasteiger partial charge is 0.224 e. The van der Waals surface area contributed by atoms with E-state index in [1.165, 1.54) is 0 Å². The lowest BCUT2D eigenvalue weighted by Gasteiger charge is -2.46. The summed E-state index contributed by atoms with van der Waals surface area (Å²) in [5.74, 6) is 0.695. The Kier molecular flexibility index (Phi) is 4.58. The molecule has 132 valence electrons. The normalized spacial score (nSPS) is 23.8. The summed E-state index contributed by atoms with van der Waals surface area (Å²) in [6, 6.07) is 3.87. The van der Waals surface area contributed by atoms with Crippen molar-refractivity contribution in [3.63, 3.8) is 0 Å². The van der Waals surface area contributed by atoms with Gasteiger partial charge in [-0.05, 0) is 43.9 Å². The first-order chi connectivity index (χ1) is 11.3. The summed E-state index contributed by atoms with van der Waals surface area (Å²) in [7, 11) is 0. The number of rotatable bonds is 2. The predicted octanol–water partition coefficient (Wildman–Crippen LogP) is 2.86. The Hall–Kier alpha value is -1.59. The van der Waals surface area contributed by atoms with Crippen LogP contribution in [0.5, 0.6) is 5.75 Å². The number of hydrogen-bond donors (Lipinski definition) is 1. The molecule has 5 nitrogen and oxygen atoms in total. The van der Waals surface area contributed by atoms with Crippen LogP contribution in [0.3, 0.4) is 0 Å². The number of ether oxygens (including phenoxy) is 1. The molecule has 2 aliphatic heterocycles. The lowest BCUT2D eigenvalue weighted by Crippen LogP contribution is -2.50. The van der Waals surface area contributed by atoms with Crippen molar-refractivity contribution in [1.29, 1.82) is 0 Å². The second-order valence-corrected chi connectivity index (χ2v) is 7.70. The monoisotopic (exact) mass is 332 g/mol. The molecule has 5 heteroatoms. The maximum absolute atomic E-state index is 12.3. The zero-order chi connectivity index (χ0) is 17.5. The van der Waals surface area contributed by atoms with Crippen molar-refractivity contribution in [2.24, 2.45) is 0 Å². The number of carbonyl (C=O) groups is 1. The van der Waals surface area contributed by atoms with Crippen LogP contribution in [-0.4, -0.2) is 47.8 Å². The molecule has 0 radical (unpaired) electrons. The van der Waals surface area contributed by atoms with Crippen LogP contribution in [0.15, 0.2) is 12.1 Å². The number of nitrogens with zero attached hydrogens (tertiary/aromatic N) is 2. The zero-order valence-electron chi connectivity index (χ0n) is 15.1. The Balaban J connectivity index is 1.99. The highest BCUT2D eigenvalue weighted by Crippen LogP contribution is 2.45. The Morgan fingerprint density at radius 2 is 2.00 bits per heavy atom. The molecule has 0 bridgehead atoms. The van der Waals surface area contributed by atoms with E-state index in [0.29, 0.717) is 18.2 Å². The van der Waals surface area contributed by atoms with Crippen LogP contribution in [0.1, 0.15) is 51.2 Å². The minimum Gasteiger partial charge on any atom is -0.508 e. The molecule has 2 heterocycles. The highest BCUT2D eigenvalue weighted by Gasteiger charge is 2.39. The molecule has 1 atom stereocenters. The van der Waals surface area contributed by atoms with Gasteiger partial charge in [0.2, 0.25) is 5.91 Å². The molecule has 0 saturated carbocycles. The summed E-state index contributed by atoms with van der Waals surface area (Å²) in [6.07, 6.45) is 0.891. The van der Waals surface area contributed by atoms with Gasteiger partial charge in [0, 0.05) is 43.3 Å². The standard InChI is InChI=1S/C19H28N2O3/c1-13-11-19(3,4)21(14(2)22)17-9-15(18(23)10-16(13)17)12-20-5-7-24-8-6-20/h9-10,13,23H,5-8,11-12H2,1-4H3/t13-/m1/s1. The summed E-state index contributed by atoms with van der Waals surface area (Å²) in [6.45, 7) is 11.9. The van der Waals surface area contributed by atoms with Crippen molar-refractivity contribution < 1.29 is 14.6 Å². The Bertz CT molecular complexity index is 636. The quantitative estimate of drug-likeness (QED) is 0.905. The van der Waals surface area contributed by atoms with E-state index in [-0.39, 0.29) is 11.4 Å². The summed E-state index contributed by atoms with van der Waals surface area (Å²) in [5, 5.41) is 10.5. The van der Waals surface area contributed by atoms with E-state index in [2.05, 4.69) is 25.7 Å². The van der Waals surface area contributed by atoms with E-state index in [0.717, 1.165) is 49.5 Å². The molecular weight excluding hydrogens is 304 g/mol. The third kappa shape index (κ3) is 3.15. The van der Waals surface area contributed by atoms with Crippen LogP contribution in [0.2, 0.25) is 0 Å². The van der Waals surface area contributed by atoms with E-state index < -0.39 is 0 Å². The number of anilines is 1. The molecule has 1 N–H and O–H groups in total. The Morgan fingerprint density at radius 3 is 2.62 bits per heavy atom. The molecule has 0 unspecified atom stereocenters. The molecular formula is C19H28N2O3. The van der Waals surface area contributed by atoms with E-state index in [4.69, 9.17) is 4.74 Å². The van der Waals surface area contributed by atoms with Gasteiger partial charge in [-0.15, -0.1) is 0 Å². The molecule has 0 aromatic heterocycles. The molecule has 0 spiro atoms. The second-order valence-electron chi connectivity index (χ2n) is 7.70. The first-order valence-corrected chi connectivity index (χ1v) is 8.76. The Morgan fingerprint density at radius 1 is 1.33 bits per heavy atom. The number of amides is 1. The van der Waals surface area contributed by atoms with Gasteiger partial charge in [0.15, 0.2) is 0 Å². The van der Waals surface area contributed by atoms with Crippen LogP contribution < -0.4 is 4.90 Å². The zero-order valence-corrected chi connectivity index (χ0v) is 15.1. The minimum atomic E-state index is -0.217. The predicted molar refractivity (Wildman–Crippen MR) is 94.5 cm³/mol. The molecule has 1 amide bonds. The summed E-state index contributed by atoms with van der Waals surface area (Å²) >= 11 is 0. The number of fused-ring (bicyclic) bond motifs is 1. The summed E-state index contributed by atoms with van der Waals surface area (Å²) in [5.41, 5.74) is 2.68. The molecule has 0 aliphatic carbocycles. The minimum absolute atomic E-state index is 0.0520. The van der Waals surface area contributed by atoms with E-state index in [1.807, 2.05) is 17.0 Å². The fourth-order valence-electron chi connectivity index (χ4n) is 4.22. The van der Waals surface area contributed by atoms with Crippen molar-refractivity contribution in [3.05, 3.63) is 23.3 Å². The number of morpholine rings is 1. The number of aromatic hydroxyl groups is 1. The highest BCUT2D eigenvalue weighted by atomic mass is 16.5. The summed E-state index contributed by atoms with van der Waals surface area (Å²) < 4.78 is 5.39. The van der Waals surface area contributed by atoms with Gasteiger partial charge in [-0.1, -0.05) is 6.92 Å². The fraction of sp³-hybridized carbons (Fsp3) is 0.632. The SMILES string of the molecule is CC(=O)N1c2cc(CN3CCOCC3)c(O)cc2[C@H](C)CC1(C)C. The number of hydrogen-bond acceptors (Lipinski definition) is 4. The molecule has 1 aromatic rings. The lowest BCUT2D eigenvalue weighted by molar-refractivity contribution is -0.117. The first kappa shape index (κ1) is 17.2. The highest BCUT2D eigenvalue weighted by molar-refractivity contribution is 5.95. The number of phenolic OH excluding ortho intramolecular Hbond substituents is 1. The molecule has 1 saturated heterocycles. The van der Waals surface area contributed by atoms with Gasteiger partial charge in [-0.3, -0.25) is 9.69 Å². The number of benzene rings is 1. The van der Waals surface area contributed by atoms with Crippen LogP contribution >= 0.6 is 0 Å². The molecule has 1 aromatic carbocycles. The third-order valence-electron chi connectivity index (χ3n) is 5.22. The van der Waals surface area contributed by atoms with Gasteiger partial charge < -0.3 is 14.7 Å². The van der Waals surface area contributed by atoms with Gasteiger partial charge in [0.1, 0.15) is 5.75 Å². The molecule has 2 aliphatic rings. The van der Waals surface area contributed by atoms with Crippen LogP contribution in [0.25, 0.3) is 0 Å². The van der Waals surface area contributed by atoms with Crippen molar-refractivity contribution >= 4 is 11.6 Å². The Labute approximate surface area is 144 Å². The van der Waals surface area contributed by atoms with Crippen molar-refractivity contribution in [1.82, 2.24) is 4.90 Å². The maximum atomic E-state index is 12.3.